The van der Waals surface area contributed by atoms with E-state index in [1.165, 1.54) is 6.92 Å². The van der Waals surface area contributed by atoms with E-state index in [-0.39, 0.29) is 11.6 Å². The Balaban J connectivity index is 1.99. The first-order valence-corrected chi connectivity index (χ1v) is 5.73. The number of hydrogen-bond acceptors (Lipinski definition) is 3. The Morgan fingerprint density at radius 1 is 1.47 bits per heavy atom. The molecular weight excluding hydrogens is 192 g/mol. The van der Waals surface area contributed by atoms with Crippen LogP contribution in [0.2, 0.25) is 0 Å². The third-order valence-electron chi connectivity index (χ3n) is 3.00. The van der Waals surface area contributed by atoms with Crippen LogP contribution in [0.1, 0.15) is 47.0 Å². The van der Waals surface area contributed by atoms with Crippen LogP contribution in [0.3, 0.4) is 0 Å². The first kappa shape index (κ1) is 12.5. The fourth-order valence-corrected chi connectivity index (χ4v) is 1.72. The van der Waals surface area contributed by atoms with Crippen molar-refractivity contribution in [2.75, 3.05) is 6.61 Å². The van der Waals surface area contributed by atoms with Gasteiger partial charge in [-0.05, 0) is 39.0 Å². The lowest BCUT2D eigenvalue weighted by molar-refractivity contribution is -0.141. The number of rotatable bonds is 6. The molecule has 1 aliphatic rings. The van der Waals surface area contributed by atoms with Gasteiger partial charge in [-0.2, -0.15) is 0 Å². The summed E-state index contributed by atoms with van der Waals surface area (Å²) >= 11 is 0. The number of ether oxygens (including phenoxy) is 2. The fourth-order valence-electron chi connectivity index (χ4n) is 1.72. The van der Waals surface area contributed by atoms with Crippen LogP contribution in [0.15, 0.2) is 0 Å². The van der Waals surface area contributed by atoms with E-state index in [0.717, 1.165) is 19.3 Å². The van der Waals surface area contributed by atoms with Crippen molar-refractivity contribution in [3.8, 4) is 0 Å². The van der Waals surface area contributed by atoms with Crippen molar-refractivity contribution in [3.05, 3.63) is 0 Å². The third kappa shape index (κ3) is 4.65. The highest BCUT2D eigenvalue weighted by Crippen LogP contribution is 2.39. The number of hydrogen-bond donors (Lipinski definition) is 0. The molecule has 3 nitrogen and oxygen atoms in total. The van der Waals surface area contributed by atoms with Gasteiger partial charge in [0, 0.05) is 6.92 Å². The molecule has 0 N–H and O–H groups in total. The van der Waals surface area contributed by atoms with Crippen LogP contribution in [-0.4, -0.2) is 24.3 Å². The monoisotopic (exact) mass is 214 g/mol. The number of carbonyl (C=O) groups excluding carboxylic acids is 1. The third-order valence-corrected chi connectivity index (χ3v) is 3.00. The lowest BCUT2D eigenvalue weighted by atomic mass is 9.98. The number of epoxide rings is 1. The fraction of sp³-hybridized carbons (Fsp3) is 0.917. The predicted octanol–water partition coefficient (Wildman–Crippen LogP) is 2.53. The van der Waals surface area contributed by atoms with Gasteiger partial charge in [-0.25, -0.2) is 0 Å². The van der Waals surface area contributed by atoms with Crippen molar-refractivity contribution in [2.24, 2.45) is 5.92 Å². The van der Waals surface area contributed by atoms with Crippen LogP contribution in [-0.2, 0) is 14.3 Å². The van der Waals surface area contributed by atoms with Crippen molar-refractivity contribution >= 4 is 5.97 Å². The smallest absolute Gasteiger partial charge is 0.302 e. The molecule has 3 heteroatoms. The predicted molar refractivity (Wildman–Crippen MR) is 58.6 cm³/mol. The van der Waals surface area contributed by atoms with Crippen molar-refractivity contribution in [3.63, 3.8) is 0 Å². The first-order valence-electron chi connectivity index (χ1n) is 5.73. The van der Waals surface area contributed by atoms with Gasteiger partial charge in [0.1, 0.15) is 0 Å². The minimum absolute atomic E-state index is 0.107. The van der Waals surface area contributed by atoms with Crippen molar-refractivity contribution in [1.29, 1.82) is 0 Å². The van der Waals surface area contributed by atoms with Crippen LogP contribution in [0.4, 0.5) is 0 Å². The average Bonchev–Trinajstić information content (AvgIpc) is 2.70. The summed E-state index contributed by atoms with van der Waals surface area (Å²) in [4.78, 5) is 10.5. The highest BCUT2D eigenvalue weighted by molar-refractivity contribution is 5.65. The van der Waals surface area contributed by atoms with Crippen LogP contribution in [0.5, 0.6) is 0 Å². The zero-order chi connectivity index (χ0) is 11.5. The zero-order valence-corrected chi connectivity index (χ0v) is 10.2. The van der Waals surface area contributed by atoms with Gasteiger partial charge in [-0.1, -0.05) is 6.92 Å². The van der Waals surface area contributed by atoms with E-state index in [9.17, 15) is 4.79 Å². The molecule has 1 heterocycles. The SMILES string of the molecule is CC(=O)OCC[C@@H](C)CC[C@@H]1OC1(C)C. The molecule has 15 heavy (non-hydrogen) atoms. The molecule has 0 saturated carbocycles. The molecule has 0 bridgehead atoms. The average molecular weight is 214 g/mol. The van der Waals surface area contributed by atoms with E-state index in [0.29, 0.717) is 18.6 Å². The van der Waals surface area contributed by atoms with Gasteiger partial charge in [0.05, 0.1) is 18.3 Å². The summed E-state index contributed by atoms with van der Waals surface area (Å²) in [6.45, 7) is 8.44. The Morgan fingerprint density at radius 2 is 2.07 bits per heavy atom. The summed E-state index contributed by atoms with van der Waals surface area (Å²) in [5.74, 6) is 0.415. The van der Waals surface area contributed by atoms with E-state index in [2.05, 4.69) is 20.8 Å². The molecule has 0 radical (unpaired) electrons. The number of esters is 1. The molecule has 88 valence electrons. The Bertz CT molecular complexity index is 223. The maximum atomic E-state index is 10.5. The molecule has 0 amide bonds. The second-order valence-electron chi connectivity index (χ2n) is 5.02. The van der Waals surface area contributed by atoms with Gasteiger partial charge in [0.25, 0.3) is 0 Å². The normalized spacial score (nSPS) is 24.7. The van der Waals surface area contributed by atoms with Gasteiger partial charge in [-0.3, -0.25) is 4.79 Å². The van der Waals surface area contributed by atoms with Crippen molar-refractivity contribution in [1.82, 2.24) is 0 Å². The summed E-state index contributed by atoms with van der Waals surface area (Å²) in [5, 5.41) is 0. The van der Waals surface area contributed by atoms with Gasteiger partial charge in [-0.15, -0.1) is 0 Å². The van der Waals surface area contributed by atoms with Gasteiger partial charge in [0.2, 0.25) is 0 Å². The quantitative estimate of drug-likeness (QED) is 0.504. The summed E-state index contributed by atoms with van der Waals surface area (Å²) in [5.41, 5.74) is 0.107. The molecule has 0 unspecified atom stereocenters. The van der Waals surface area contributed by atoms with E-state index in [1.807, 2.05) is 0 Å². The summed E-state index contributed by atoms with van der Waals surface area (Å²) in [6.07, 6.45) is 3.66. The Kier molecular flexibility index (Phi) is 4.14. The van der Waals surface area contributed by atoms with Gasteiger partial charge in [0.15, 0.2) is 0 Å². The maximum Gasteiger partial charge on any atom is 0.302 e. The second-order valence-corrected chi connectivity index (χ2v) is 5.02. The number of carbonyl (C=O) groups is 1. The molecule has 1 saturated heterocycles. The molecule has 1 aliphatic heterocycles. The van der Waals surface area contributed by atoms with E-state index in [4.69, 9.17) is 9.47 Å². The molecule has 2 atom stereocenters. The molecule has 0 spiro atoms. The standard InChI is InChI=1S/C12H22O3/c1-9(7-8-14-10(2)13)5-6-11-12(3,4)15-11/h9,11H,5-8H2,1-4H3/t9-,11-/m0/s1. The molecule has 0 aliphatic carbocycles. The van der Waals surface area contributed by atoms with Gasteiger partial charge < -0.3 is 9.47 Å². The van der Waals surface area contributed by atoms with Crippen molar-refractivity contribution < 1.29 is 14.3 Å². The highest BCUT2D eigenvalue weighted by atomic mass is 16.6. The van der Waals surface area contributed by atoms with Crippen LogP contribution >= 0.6 is 0 Å². The zero-order valence-electron chi connectivity index (χ0n) is 10.2. The lowest BCUT2D eigenvalue weighted by Crippen LogP contribution is -2.08. The minimum atomic E-state index is -0.186. The topological polar surface area (TPSA) is 38.8 Å². The molecule has 0 aromatic carbocycles. The molecule has 0 aromatic rings. The largest absolute Gasteiger partial charge is 0.466 e. The molecular formula is C12H22O3. The minimum Gasteiger partial charge on any atom is -0.466 e. The lowest BCUT2D eigenvalue weighted by Gasteiger charge is -2.10. The first-order chi connectivity index (χ1) is 6.92. The highest BCUT2D eigenvalue weighted by Gasteiger charge is 2.46. The van der Waals surface area contributed by atoms with E-state index >= 15 is 0 Å². The van der Waals surface area contributed by atoms with Crippen molar-refractivity contribution in [2.45, 2.75) is 58.7 Å². The summed E-state index contributed by atoms with van der Waals surface area (Å²) in [7, 11) is 0. The van der Waals surface area contributed by atoms with E-state index in [1.54, 1.807) is 0 Å². The van der Waals surface area contributed by atoms with Gasteiger partial charge >= 0.3 is 5.97 Å². The van der Waals surface area contributed by atoms with Crippen LogP contribution in [0.25, 0.3) is 0 Å². The molecule has 1 rings (SSSR count). The molecule has 1 fully saturated rings. The van der Waals surface area contributed by atoms with Crippen LogP contribution < -0.4 is 0 Å². The second kappa shape index (κ2) is 4.97. The Labute approximate surface area is 92.1 Å². The van der Waals surface area contributed by atoms with E-state index < -0.39 is 0 Å². The summed E-state index contributed by atoms with van der Waals surface area (Å²) < 4.78 is 10.4. The maximum absolute atomic E-state index is 10.5. The Morgan fingerprint density at radius 3 is 2.53 bits per heavy atom. The van der Waals surface area contributed by atoms with Crippen LogP contribution in [0, 0.1) is 5.92 Å². The summed E-state index contributed by atoms with van der Waals surface area (Å²) in [6, 6.07) is 0. The Hall–Kier alpha value is -0.570. The molecule has 0 aromatic heterocycles.